The van der Waals surface area contributed by atoms with Crippen molar-refractivity contribution in [2.24, 2.45) is 0 Å². The van der Waals surface area contributed by atoms with Crippen LogP contribution in [0.3, 0.4) is 0 Å². The lowest BCUT2D eigenvalue weighted by Gasteiger charge is -2.48. The van der Waals surface area contributed by atoms with Gasteiger partial charge >= 0.3 is 0 Å². The Morgan fingerprint density at radius 3 is 2.19 bits per heavy atom. The van der Waals surface area contributed by atoms with Gasteiger partial charge < -0.3 is 5.32 Å². The van der Waals surface area contributed by atoms with E-state index in [0.29, 0.717) is 11.6 Å². The summed E-state index contributed by atoms with van der Waals surface area (Å²) >= 11 is 0. The second kappa shape index (κ2) is 5.50. The predicted octanol–water partition coefficient (Wildman–Crippen LogP) is 2.78. The molecule has 0 aromatic rings. The number of piperidine rings is 1. The Hall–Kier alpha value is -0.0800. The number of hydrogen-bond acceptors (Lipinski definition) is 2. The smallest absolute Gasteiger partial charge is 0.0362 e. The van der Waals surface area contributed by atoms with Crippen LogP contribution >= 0.6 is 0 Å². The number of likely N-dealkylation sites (tertiary alicyclic amines) is 1. The number of hydrogen-bond donors (Lipinski definition) is 1. The molecule has 2 rings (SSSR count). The highest BCUT2D eigenvalue weighted by atomic mass is 15.2. The van der Waals surface area contributed by atoms with E-state index in [1.165, 1.54) is 64.5 Å². The minimum atomic E-state index is 0.504. The van der Waals surface area contributed by atoms with Crippen LogP contribution in [0.1, 0.15) is 58.3 Å². The number of nitrogens with one attached hydrogen (secondary N) is 1. The SMILES string of the molecule is CCC(NC)C1(N2CCCCC2)CCCC1. The molecule has 1 heterocycles. The number of rotatable bonds is 4. The van der Waals surface area contributed by atoms with E-state index in [-0.39, 0.29) is 0 Å². The molecule has 1 saturated heterocycles. The molecule has 0 spiro atoms. The van der Waals surface area contributed by atoms with E-state index in [2.05, 4.69) is 24.2 Å². The van der Waals surface area contributed by atoms with Crippen LogP contribution < -0.4 is 5.32 Å². The van der Waals surface area contributed by atoms with Crippen LogP contribution in [0.15, 0.2) is 0 Å². The van der Waals surface area contributed by atoms with E-state index >= 15 is 0 Å². The molecule has 1 N–H and O–H groups in total. The maximum Gasteiger partial charge on any atom is 0.0362 e. The molecule has 1 atom stereocenters. The summed E-state index contributed by atoms with van der Waals surface area (Å²) in [6.07, 6.45) is 11.3. The Labute approximate surface area is 101 Å². The third-order valence-electron chi connectivity index (χ3n) is 4.86. The summed E-state index contributed by atoms with van der Waals surface area (Å²) in [5.74, 6) is 0. The minimum absolute atomic E-state index is 0.504. The molecule has 1 aliphatic heterocycles. The normalized spacial score (nSPS) is 28.1. The van der Waals surface area contributed by atoms with Crippen LogP contribution in [0.25, 0.3) is 0 Å². The summed E-state index contributed by atoms with van der Waals surface area (Å²) in [7, 11) is 2.15. The van der Waals surface area contributed by atoms with Gasteiger partial charge in [0.25, 0.3) is 0 Å². The van der Waals surface area contributed by atoms with Crippen molar-refractivity contribution in [1.82, 2.24) is 10.2 Å². The maximum atomic E-state index is 3.59. The molecule has 2 nitrogen and oxygen atoms in total. The van der Waals surface area contributed by atoms with Crippen LogP contribution in [-0.2, 0) is 0 Å². The lowest BCUT2D eigenvalue weighted by atomic mass is 9.83. The van der Waals surface area contributed by atoms with Crippen LogP contribution in [0.2, 0.25) is 0 Å². The molecule has 2 aliphatic rings. The highest BCUT2D eigenvalue weighted by molar-refractivity contribution is 5.03. The van der Waals surface area contributed by atoms with E-state index in [0.717, 1.165) is 0 Å². The fraction of sp³-hybridized carbons (Fsp3) is 1.00. The zero-order chi connectivity index (χ0) is 11.4. The fourth-order valence-corrected chi connectivity index (χ4v) is 4.06. The van der Waals surface area contributed by atoms with Crippen molar-refractivity contribution in [3.63, 3.8) is 0 Å². The Kier molecular flexibility index (Phi) is 4.26. The lowest BCUT2D eigenvalue weighted by Crippen LogP contribution is -2.60. The molecule has 0 radical (unpaired) electrons. The minimum Gasteiger partial charge on any atom is -0.315 e. The zero-order valence-electron chi connectivity index (χ0n) is 11.1. The van der Waals surface area contributed by atoms with Crippen molar-refractivity contribution < 1.29 is 0 Å². The van der Waals surface area contributed by atoms with Gasteiger partial charge in [0, 0.05) is 11.6 Å². The van der Waals surface area contributed by atoms with Gasteiger partial charge in [0.2, 0.25) is 0 Å². The average Bonchev–Trinajstić information content (AvgIpc) is 2.82. The molecule has 1 aliphatic carbocycles. The van der Waals surface area contributed by atoms with E-state index in [1.807, 2.05) is 0 Å². The first-order chi connectivity index (χ1) is 7.83. The van der Waals surface area contributed by atoms with Gasteiger partial charge in [-0.15, -0.1) is 0 Å². The molecule has 1 saturated carbocycles. The summed E-state index contributed by atoms with van der Waals surface area (Å²) in [5.41, 5.74) is 0.504. The molecule has 1 unspecified atom stereocenters. The molecular formula is C14H28N2. The van der Waals surface area contributed by atoms with Gasteiger partial charge in [-0.1, -0.05) is 26.2 Å². The molecule has 0 bridgehead atoms. The molecular weight excluding hydrogens is 196 g/mol. The van der Waals surface area contributed by atoms with Crippen molar-refractivity contribution in [3.05, 3.63) is 0 Å². The second-order valence-corrected chi connectivity index (χ2v) is 5.61. The molecule has 0 aromatic carbocycles. The van der Waals surface area contributed by atoms with Crippen molar-refractivity contribution in [1.29, 1.82) is 0 Å². The third-order valence-corrected chi connectivity index (χ3v) is 4.86. The molecule has 0 aromatic heterocycles. The lowest BCUT2D eigenvalue weighted by molar-refractivity contribution is 0.0377. The highest BCUT2D eigenvalue weighted by Crippen LogP contribution is 2.40. The van der Waals surface area contributed by atoms with Crippen molar-refractivity contribution in [2.75, 3.05) is 20.1 Å². The Bertz CT molecular complexity index is 199. The van der Waals surface area contributed by atoms with E-state index in [4.69, 9.17) is 0 Å². The maximum absolute atomic E-state index is 3.59. The largest absolute Gasteiger partial charge is 0.315 e. The number of nitrogens with zero attached hydrogens (tertiary/aromatic N) is 1. The van der Waals surface area contributed by atoms with Crippen molar-refractivity contribution in [3.8, 4) is 0 Å². The van der Waals surface area contributed by atoms with E-state index in [1.54, 1.807) is 0 Å². The van der Waals surface area contributed by atoms with Gasteiger partial charge in [-0.25, -0.2) is 0 Å². The third kappa shape index (κ3) is 2.14. The fourth-order valence-electron chi connectivity index (χ4n) is 4.06. The van der Waals surface area contributed by atoms with E-state index in [9.17, 15) is 0 Å². The number of likely N-dealkylation sites (N-methyl/N-ethyl adjacent to an activating group) is 1. The van der Waals surface area contributed by atoms with Gasteiger partial charge in [-0.3, -0.25) is 4.90 Å². The summed E-state index contributed by atoms with van der Waals surface area (Å²) in [6, 6.07) is 0.702. The van der Waals surface area contributed by atoms with Gasteiger partial charge in [-0.2, -0.15) is 0 Å². The van der Waals surface area contributed by atoms with Crippen molar-refractivity contribution in [2.45, 2.75) is 69.9 Å². The average molecular weight is 224 g/mol. The quantitative estimate of drug-likeness (QED) is 0.790. The molecule has 0 amide bonds. The van der Waals surface area contributed by atoms with Gasteiger partial charge in [0.15, 0.2) is 0 Å². The Morgan fingerprint density at radius 1 is 1.06 bits per heavy atom. The van der Waals surface area contributed by atoms with Crippen LogP contribution in [0.4, 0.5) is 0 Å². The second-order valence-electron chi connectivity index (χ2n) is 5.61. The van der Waals surface area contributed by atoms with Crippen LogP contribution in [0.5, 0.6) is 0 Å². The van der Waals surface area contributed by atoms with Crippen LogP contribution in [-0.4, -0.2) is 36.6 Å². The van der Waals surface area contributed by atoms with E-state index < -0.39 is 0 Å². The topological polar surface area (TPSA) is 15.3 Å². The molecule has 2 fully saturated rings. The van der Waals surface area contributed by atoms with Gasteiger partial charge in [-0.05, 0) is 52.2 Å². The first-order valence-corrected chi connectivity index (χ1v) is 7.26. The van der Waals surface area contributed by atoms with Crippen molar-refractivity contribution >= 4 is 0 Å². The monoisotopic (exact) mass is 224 g/mol. The Morgan fingerprint density at radius 2 is 1.69 bits per heavy atom. The standard InChI is InChI=1S/C14H28N2/c1-3-13(15-2)14(9-5-6-10-14)16-11-7-4-8-12-16/h13,15H,3-12H2,1-2H3. The Balaban J connectivity index is 2.12. The molecule has 16 heavy (non-hydrogen) atoms. The first-order valence-electron chi connectivity index (χ1n) is 7.26. The predicted molar refractivity (Wildman–Crippen MR) is 69.8 cm³/mol. The van der Waals surface area contributed by atoms with Gasteiger partial charge in [0.05, 0.1) is 0 Å². The van der Waals surface area contributed by atoms with Crippen LogP contribution in [0, 0.1) is 0 Å². The highest BCUT2D eigenvalue weighted by Gasteiger charge is 2.44. The summed E-state index contributed by atoms with van der Waals surface area (Å²) in [4.78, 5) is 2.83. The summed E-state index contributed by atoms with van der Waals surface area (Å²) in [5, 5.41) is 3.59. The summed E-state index contributed by atoms with van der Waals surface area (Å²) < 4.78 is 0. The van der Waals surface area contributed by atoms with Gasteiger partial charge in [0.1, 0.15) is 0 Å². The zero-order valence-corrected chi connectivity index (χ0v) is 11.1. The molecule has 94 valence electrons. The first kappa shape index (κ1) is 12.4. The molecule has 2 heteroatoms. The summed E-state index contributed by atoms with van der Waals surface area (Å²) in [6.45, 7) is 5.03.